The Morgan fingerprint density at radius 3 is 2.59 bits per heavy atom. The molecule has 0 aliphatic carbocycles. The normalized spacial score (nSPS) is 22.6. The van der Waals surface area contributed by atoms with E-state index in [0.717, 1.165) is 17.7 Å². The monoisotopic (exact) mass is 553 g/mol. The maximum Gasteiger partial charge on any atom is 0.416 e. The second kappa shape index (κ2) is 11.3. The van der Waals surface area contributed by atoms with Gasteiger partial charge in [-0.3, -0.25) is 4.79 Å². The van der Waals surface area contributed by atoms with Crippen LogP contribution in [-0.4, -0.2) is 71.9 Å². The van der Waals surface area contributed by atoms with Crippen molar-refractivity contribution in [3.05, 3.63) is 52.0 Å². The molecule has 0 bridgehead atoms. The number of likely N-dealkylation sites (tertiary alicyclic amines) is 1. The van der Waals surface area contributed by atoms with Gasteiger partial charge in [0.25, 0.3) is 5.91 Å². The van der Waals surface area contributed by atoms with Crippen molar-refractivity contribution in [1.29, 1.82) is 0 Å². The number of anilines is 1. The predicted molar refractivity (Wildman–Crippen MR) is 134 cm³/mol. The number of halogens is 5. The molecule has 1 aromatic heterocycles. The lowest BCUT2D eigenvalue weighted by molar-refractivity contribution is -0.137. The van der Waals surface area contributed by atoms with Crippen LogP contribution in [0.25, 0.3) is 0 Å². The number of piperidine rings is 1. The lowest BCUT2D eigenvalue weighted by Crippen LogP contribution is -2.52. The van der Waals surface area contributed by atoms with Crippen LogP contribution < -0.4 is 10.2 Å². The van der Waals surface area contributed by atoms with E-state index in [4.69, 9.17) is 4.74 Å². The highest BCUT2D eigenvalue weighted by molar-refractivity contribution is 5.95. The summed E-state index contributed by atoms with van der Waals surface area (Å²) < 4.78 is 72.9. The smallest absolute Gasteiger partial charge is 0.378 e. The fourth-order valence-electron chi connectivity index (χ4n) is 5.63. The largest absolute Gasteiger partial charge is 0.416 e. The summed E-state index contributed by atoms with van der Waals surface area (Å²) in [4.78, 5) is 25.5. The third kappa shape index (κ3) is 6.01. The average Bonchev–Trinajstić information content (AvgIpc) is 2.93. The summed E-state index contributed by atoms with van der Waals surface area (Å²) in [5.41, 5.74) is 1.19. The number of nitrogens with zero attached hydrogens (tertiary/aromatic N) is 4. The van der Waals surface area contributed by atoms with Crippen LogP contribution in [0.5, 0.6) is 0 Å². The summed E-state index contributed by atoms with van der Waals surface area (Å²) >= 11 is 0. The number of carbonyl (C=O) groups excluding carboxylic acids is 1. The fraction of sp³-hybridized carbons (Fsp3) is 0.593. The van der Waals surface area contributed by atoms with Gasteiger partial charge in [-0.2, -0.15) is 13.2 Å². The summed E-state index contributed by atoms with van der Waals surface area (Å²) in [5, 5.41) is 3.36. The molecule has 12 heteroatoms. The third-order valence-corrected chi connectivity index (χ3v) is 7.85. The number of alkyl halides is 5. The molecular formula is C27H32F5N5O2. The molecule has 5 rings (SSSR count). The van der Waals surface area contributed by atoms with Crippen molar-refractivity contribution in [2.75, 3.05) is 37.7 Å². The van der Waals surface area contributed by atoms with Crippen LogP contribution in [0.1, 0.15) is 57.8 Å². The van der Waals surface area contributed by atoms with Crippen molar-refractivity contribution >= 4 is 11.7 Å². The van der Waals surface area contributed by atoms with E-state index in [9.17, 15) is 26.7 Å². The molecule has 0 saturated carbocycles. The number of ether oxygens (including phenoxy) is 1. The van der Waals surface area contributed by atoms with Gasteiger partial charge in [0.2, 0.25) is 0 Å². The second-order valence-corrected chi connectivity index (χ2v) is 10.4. The van der Waals surface area contributed by atoms with Crippen LogP contribution in [0.2, 0.25) is 0 Å². The minimum absolute atomic E-state index is 0.0777. The van der Waals surface area contributed by atoms with Crippen LogP contribution in [0, 0.1) is 6.92 Å². The van der Waals surface area contributed by atoms with Gasteiger partial charge in [-0.25, -0.2) is 18.7 Å². The first-order chi connectivity index (χ1) is 18.6. The Morgan fingerprint density at radius 1 is 1.13 bits per heavy atom. The first-order valence-corrected chi connectivity index (χ1v) is 13.3. The minimum Gasteiger partial charge on any atom is -0.378 e. The van der Waals surface area contributed by atoms with Crippen LogP contribution in [0.15, 0.2) is 18.2 Å². The Kier molecular flexibility index (Phi) is 8.04. The highest BCUT2D eigenvalue weighted by atomic mass is 19.4. The number of hydrogen-bond acceptors (Lipinski definition) is 6. The maximum absolute atomic E-state index is 14.1. The molecule has 212 valence electrons. The maximum atomic E-state index is 14.1. The van der Waals surface area contributed by atoms with Gasteiger partial charge >= 0.3 is 6.18 Å². The number of rotatable bonds is 5. The van der Waals surface area contributed by atoms with E-state index in [1.54, 1.807) is 16.7 Å². The van der Waals surface area contributed by atoms with Crippen molar-refractivity contribution in [3.63, 3.8) is 0 Å². The quantitative estimate of drug-likeness (QED) is 0.561. The van der Waals surface area contributed by atoms with Crippen LogP contribution in [-0.2, 0) is 30.6 Å². The third-order valence-electron chi connectivity index (χ3n) is 7.85. The number of nitrogens with one attached hydrogen (secondary N) is 1. The van der Waals surface area contributed by atoms with Crippen LogP contribution in [0.4, 0.5) is 27.8 Å². The van der Waals surface area contributed by atoms with E-state index < -0.39 is 24.6 Å². The second-order valence-electron chi connectivity index (χ2n) is 10.4. The van der Waals surface area contributed by atoms with E-state index >= 15 is 0 Å². The molecule has 2 saturated heterocycles. The van der Waals surface area contributed by atoms with Crippen molar-refractivity contribution in [3.8, 4) is 0 Å². The van der Waals surface area contributed by atoms with Gasteiger partial charge in [0.15, 0.2) is 5.82 Å². The van der Waals surface area contributed by atoms with E-state index in [0.29, 0.717) is 68.9 Å². The molecule has 0 radical (unpaired) electrons. The first kappa shape index (κ1) is 27.7. The van der Waals surface area contributed by atoms with Crippen molar-refractivity contribution in [2.24, 2.45) is 0 Å². The number of hydrogen-bond donors (Lipinski definition) is 1. The minimum atomic E-state index is -4.45. The zero-order valence-corrected chi connectivity index (χ0v) is 21.7. The van der Waals surface area contributed by atoms with E-state index in [2.05, 4.69) is 15.3 Å². The summed E-state index contributed by atoms with van der Waals surface area (Å²) in [5.74, 6) is -0.122. The zero-order valence-electron chi connectivity index (χ0n) is 21.7. The summed E-state index contributed by atoms with van der Waals surface area (Å²) in [6.45, 7) is 2.84. The number of amides is 1. The molecule has 3 aliphatic heterocycles. The molecule has 2 atom stereocenters. The lowest BCUT2D eigenvalue weighted by atomic mass is 9.96. The van der Waals surface area contributed by atoms with Crippen molar-refractivity contribution in [2.45, 2.75) is 70.3 Å². The summed E-state index contributed by atoms with van der Waals surface area (Å²) in [6.07, 6.45) is -3.11. The number of carbonyl (C=O) groups is 1. The van der Waals surface area contributed by atoms with Gasteiger partial charge in [0, 0.05) is 50.4 Å². The van der Waals surface area contributed by atoms with E-state index in [-0.39, 0.29) is 42.7 Å². The highest BCUT2D eigenvalue weighted by Gasteiger charge is 2.34. The highest BCUT2D eigenvalue weighted by Crippen LogP contribution is 2.34. The Hall–Kier alpha value is -2.86. The summed E-state index contributed by atoms with van der Waals surface area (Å²) in [7, 11) is 0. The van der Waals surface area contributed by atoms with E-state index in [1.807, 2.05) is 0 Å². The predicted octanol–water partition coefficient (Wildman–Crippen LogP) is 4.16. The molecular weight excluding hydrogens is 521 g/mol. The molecule has 39 heavy (non-hydrogen) atoms. The van der Waals surface area contributed by atoms with Gasteiger partial charge < -0.3 is 19.9 Å². The van der Waals surface area contributed by atoms with Gasteiger partial charge in [-0.05, 0) is 55.9 Å². The molecule has 1 amide bonds. The Bertz CT molecular complexity index is 1200. The molecule has 2 aromatic rings. The zero-order chi connectivity index (χ0) is 27.7. The topological polar surface area (TPSA) is 70.6 Å². The van der Waals surface area contributed by atoms with Gasteiger partial charge in [-0.15, -0.1) is 0 Å². The summed E-state index contributed by atoms with van der Waals surface area (Å²) in [6, 6.07) is 3.55. The van der Waals surface area contributed by atoms with Gasteiger partial charge in [0.1, 0.15) is 24.4 Å². The number of fused-ring (bicyclic) bond motifs is 1. The SMILES string of the molecule is Cc1c(C(=O)N2CCC(N[C@H]3CCOC[C@H]3F)CC2)nc(CF)nc1N1CCc2ccc(C(F)(F)F)cc2C1. The van der Waals surface area contributed by atoms with Crippen LogP contribution in [0.3, 0.4) is 0 Å². The standard InChI is InChI=1S/C27H32F5N5O2/c1-16-24(26(38)36-9-5-20(6-10-36)33-22-7-11-39-15-21(22)29)34-23(13-28)35-25(16)37-8-4-17-2-3-19(27(30,31)32)12-18(17)14-37/h2-3,12,20-22,33H,4-11,13-15H2,1H3/t21-,22+/m1/s1. The van der Waals surface area contributed by atoms with Gasteiger partial charge in [-0.1, -0.05) is 6.07 Å². The van der Waals surface area contributed by atoms with Gasteiger partial charge in [0.05, 0.1) is 12.2 Å². The molecule has 3 aliphatic rings. The Balaban J connectivity index is 1.31. The molecule has 4 heterocycles. The Morgan fingerprint density at radius 2 is 1.90 bits per heavy atom. The van der Waals surface area contributed by atoms with Crippen molar-refractivity contribution < 1.29 is 31.5 Å². The van der Waals surface area contributed by atoms with Crippen molar-refractivity contribution in [1.82, 2.24) is 20.2 Å². The van der Waals surface area contributed by atoms with Crippen LogP contribution >= 0.6 is 0 Å². The molecule has 0 spiro atoms. The Labute approximate surface area is 223 Å². The lowest BCUT2D eigenvalue weighted by Gasteiger charge is -2.37. The first-order valence-electron chi connectivity index (χ1n) is 13.3. The fourth-order valence-corrected chi connectivity index (χ4v) is 5.63. The molecule has 0 unspecified atom stereocenters. The molecule has 1 N–H and O–H groups in total. The molecule has 2 fully saturated rings. The molecule has 7 nitrogen and oxygen atoms in total. The molecule has 1 aromatic carbocycles. The number of aromatic nitrogens is 2. The number of benzene rings is 1. The van der Waals surface area contributed by atoms with E-state index in [1.165, 1.54) is 6.07 Å². The average molecular weight is 554 g/mol.